The Kier molecular flexibility index (Phi) is 3.82. The summed E-state index contributed by atoms with van der Waals surface area (Å²) in [5.74, 6) is 0. The van der Waals surface area contributed by atoms with Crippen LogP contribution in [0, 0.1) is 0 Å². The van der Waals surface area contributed by atoms with Crippen molar-refractivity contribution >= 4 is 11.6 Å². The summed E-state index contributed by atoms with van der Waals surface area (Å²) in [6.07, 6.45) is 2.87. The smallest absolute Gasteiger partial charge is 0.0797 e. The second-order valence-electron chi connectivity index (χ2n) is 4.09. The molecule has 1 N–H and O–H groups in total. The molecular formula is C13H16ClN3. The van der Waals surface area contributed by atoms with Gasteiger partial charge in [-0.25, -0.2) is 0 Å². The maximum absolute atomic E-state index is 5.87. The lowest BCUT2D eigenvalue weighted by Crippen LogP contribution is -2.19. The average molecular weight is 250 g/mol. The predicted molar refractivity (Wildman–Crippen MR) is 70.2 cm³/mol. The Bertz CT molecular complexity index is 476. The molecule has 90 valence electrons. The highest BCUT2D eigenvalue weighted by atomic mass is 35.5. The number of benzene rings is 1. The van der Waals surface area contributed by atoms with E-state index in [0.717, 1.165) is 17.1 Å². The Morgan fingerprint density at radius 2 is 2.00 bits per heavy atom. The molecule has 0 saturated heterocycles. The summed E-state index contributed by atoms with van der Waals surface area (Å²) < 4.78 is 1.82. The number of aryl methyl sites for hydroxylation is 1. The largest absolute Gasteiger partial charge is 0.311 e. The Morgan fingerprint density at radius 3 is 2.53 bits per heavy atom. The second-order valence-corrected chi connectivity index (χ2v) is 4.52. The first kappa shape index (κ1) is 12.1. The fraction of sp³-hybridized carbons (Fsp3) is 0.308. The van der Waals surface area contributed by atoms with Crippen molar-refractivity contribution in [3.05, 3.63) is 52.8 Å². The summed E-state index contributed by atoms with van der Waals surface area (Å²) in [5, 5.41) is 8.48. The van der Waals surface area contributed by atoms with E-state index < -0.39 is 0 Å². The molecule has 0 amide bonds. The molecule has 2 rings (SSSR count). The van der Waals surface area contributed by atoms with Crippen LogP contribution in [0.2, 0.25) is 5.02 Å². The topological polar surface area (TPSA) is 29.9 Å². The van der Waals surface area contributed by atoms with Gasteiger partial charge in [0.05, 0.1) is 11.7 Å². The van der Waals surface area contributed by atoms with Crippen LogP contribution < -0.4 is 5.32 Å². The zero-order valence-corrected chi connectivity index (χ0v) is 10.8. The van der Waals surface area contributed by atoms with Gasteiger partial charge >= 0.3 is 0 Å². The zero-order valence-electron chi connectivity index (χ0n) is 10.0. The van der Waals surface area contributed by atoms with E-state index in [-0.39, 0.29) is 6.04 Å². The van der Waals surface area contributed by atoms with Crippen molar-refractivity contribution in [2.45, 2.75) is 12.5 Å². The lowest BCUT2D eigenvalue weighted by Gasteiger charge is -2.13. The molecule has 0 aliphatic heterocycles. The van der Waals surface area contributed by atoms with Gasteiger partial charge < -0.3 is 5.32 Å². The highest BCUT2D eigenvalue weighted by Gasteiger charge is 2.12. The molecule has 1 unspecified atom stereocenters. The van der Waals surface area contributed by atoms with E-state index in [9.17, 15) is 0 Å². The summed E-state index contributed by atoms with van der Waals surface area (Å²) >= 11 is 5.87. The molecule has 4 heteroatoms. The van der Waals surface area contributed by atoms with Gasteiger partial charge in [0.2, 0.25) is 0 Å². The molecule has 0 fully saturated rings. The van der Waals surface area contributed by atoms with Gasteiger partial charge in [-0.2, -0.15) is 5.10 Å². The van der Waals surface area contributed by atoms with Crippen molar-refractivity contribution in [2.24, 2.45) is 7.05 Å². The monoisotopic (exact) mass is 249 g/mol. The third kappa shape index (κ3) is 3.08. The Labute approximate surface area is 106 Å². The molecule has 1 atom stereocenters. The van der Waals surface area contributed by atoms with E-state index in [1.165, 1.54) is 5.56 Å². The number of hydrogen-bond acceptors (Lipinski definition) is 2. The molecule has 0 bridgehead atoms. The lowest BCUT2D eigenvalue weighted by atomic mass is 10.0. The Balaban J connectivity index is 2.12. The molecule has 17 heavy (non-hydrogen) atoms. The third-order valence-corrected chi connectivity index (χ3v) is 3.04. The molecular weight excluding hydrogens is 234 g/mol. The molecule has 0 spiro atoms. The first-order chi connectivity index (χ1) is 8.19. The molecule has 0 aliphatic carbocycles. The van der Waals surface area contributed by atoms with Crippen molar-refractivity contribution in [1.82, 2.24) is 15.1 Å². The highest BCUT2D eigenvalue weighted by Crippen LogP contribution is 2.18. The molecule has 3 nitrogen and oxygen atoms in total. The molecule has 1 aromatic heterocycles. The van der Waals surface area contributed by atoms with Crippen LogP contribution in [0.5, 0.6) is 0 Å². The molecule has 0 aliphatic rings. The standard InChI is InChI=1S/C13H16ClN3/c1-15-13(12-7-8-17(2)16-12)9-10-3-5-11(14)6-4-10/h3-8,13,15H,9H2,1-2H3. The Morgan fingerprint density at radius 1 is 1.29 bits per heavy atom. The van der Waals surface area contributed by atoms with Crippen LogP contribution in [0.15, 0.2) is 36.5 Å². The first-order valence-electron chi connectivity index (χ1n) is 5.60. The minimum absolute atomic E-state index is 0.234. The van der Waals surface area contributed by atoms with Crippen molar-refractivity contribution < 1.29 is 0 Å². The summed E-state index contributed by atoms with van der Waals surface area (Å²) in [6, 6.07) is 10.2. The number of halogens is 1. The maximum atomic E-state index is 5.87. The normalized spacial score (nSPS) is 12.6. The first-order valence-corrected chi connectivity index (χ1v) is 5.98. The fourth-order valence-electron chi connectivity index (χ4n) is 1.83. The van der Waals surface area contributed by atoms with Crippen molar-refractivity contribution in [1.29, 1.82) is 0 Å². The van der Waals surface area contributed by atoms with Gasteiger partial charge in [-0.1, -0.05) is 23.7 Å². The van der Waals surface area contributed by atoms with Crippen molar-refractivity contribution in [3.8, 4) is 0 Å². The predicted octanol–water partition coefficient (Wildman–Crippen LogP) is 2.58. The van der Waals surface area contributed by atoms with Gasteiger partial charge in [0, 0.05) is 18.3 Å². The third-order valence-electron chi connectivity index (χ3n) is 2.79. The van der Waals surface area contributed by atoms with E-state index in [0.29, 0.717) is 0 Å². The molecule has 1 heterocycles. The second kappa shape index (κ2) is 5.34. The number of likely N-dealkylation sites (N-methyl/N-ethyl adjacent to an activating group) is 1. The summed E-state index contributed by atoms with van der Waals surface area (Å²) in [5.41, 5.74) is 2.31. The van der Waals surface area contributed by atoms with E-state index in [1.807, 2.05) is 43.2 Å². The van der Waals surface area contributed by atoms with E-state index in [1.54, 1.807) is 0 Å². The highest BCUT2D eigenvalue weighted by molar-refractivity contribution is 6.30. The van der Waals surface area contributed by atoms with Crippen LogP contribution in [0.1, 0.15) is 17.3 Å². The fourth-order valence-corrected chi connectivity index (χ4v) is 1.96. The quantitative estimate of drug-likeness (QED) is 0.903. The van der Waals surface area contributed by atoms with Crippen LogP contribution >= 0.6 is 11.6 Å². The molecule has 0 radical (unpaired) electrons. The number of nitrogens with one attached hydrogen (secondary N) is 1. The van der Waals surface area contributed by atoms with Crippen molar-refractivity contribution in [3.63, 3.8) is 0 Å². The van der Waals surface area contributed by atoms with E-state index in [2.05, 4.69) is 22.5 Å². The number of aromatic nitrogens is 2. The van der Waals surface area contributed by atoms with Gasteiger partial charge in [-0.15, -0.1) is 0 Å². The number of nitrogens with zero attached hydrogens (tertiary/aromatic N) is 2. The SMILES string of the molecule is CNC(Cc1ccc(Cl)cc1)c1ccn(C)n1. The van der Waals surface area contributed by atoms with Crippen LogP contribution in [0.25, 0.3) is 0 Å². The van der Waals surface area contributed by atoms with Crippen LogP contribution in [0.3, 0.4) is 0 Å². The number of rotatable bonds is 4. The average Bonchev–Trinajstić information content (AvgIpc) is 2.75. The van der Waals surface area contributed by atoms with Crippen LogP contribution in [-0.4, -0.2) is 16.8 Å². The van der Waals surface area contributed by atoms with Gasteiger partial charge in [-0.3, -0.25) is 4.68 Å². The molecule has 0 saturated carbocycles. The van der Waals surface area contributed by atoms with Gasteiger partial charge in [0.1, 0.15) is 0 Å². The summed E-state index contributed by atoms with van der Waals surface area (Å²) in [4.78, 5) is 0. The molecule has 2 aromatic rings. The van der Waals surface area contributed by atoms with Gasteiger partial charge in [0.25, 0.3) is 0 Å². The minimum atomic E-state index is 0.234. The summed E-state index contributed by atoms with van der Waals surface area (Å²) in [7, 11) is 3.88. The minimum Gasteiger partial charge on any atom is -0.311 e. The van der Waals surface area contributed by atoms with Crippen LogP contribution in [0.4, 0.5) is 0 Å². The zero-order chi connectivity index (χ0) is 12.3. The lowest BCUT2D eigenvalue weighted by molar-refractivity contribution is 0.563. The van der Waals surface area contributed by atoms with E-state index in [4.69, 9.17) is 11.6 Å². The summed E-state index contributed by atoms with van der Waals surface area (Å²) in [6.45, 7) is 0. The van der Waals surface area contributed by atoms with E-state index >= 15 is 0 Å². The number of hydrogen-bond donors (Lipinski definition) is 1. The van der Waals surface area contributed by atoms with Crippen LogP contribution in [-0.2, 0) is 13.5 Å². The van der Waals surface area contributed by atoms with Gasteiger partial charge in [0.15, 0.2) is 0 Å². The van der Waals surface area contributed by atoms with Gasteiger partial charge in [-0.05, 0) is 37.2 Å². The van der Waals surface area contributed by atoms with Crippen molar-refractivity contribution in [2.75, 3.05) is 7.05 Å². The maximum Gasteiger partial charge on any atom is 0.0797 e. The molecule has 1 aromatic carbocycles. The Hall–Kier alpha value is -1.32.